The first-order chi connectivity index (χ1) is 7.83. The van der Waals surface area contributed by atoms with Gasteiger partial charge in [0.2, 0.25) is 0 Å². The monoisotopic (exact) mass is 258 g/mol. The zero-order chi connectivity index (χ0) is 11.0. The van der Waals surface area contributed by atoms with Crippen LogP contribution in [0.1, 0.15) is 30.4 Å². The van der Waals surface area contributed by atoms with Gasteiger partial charge in [-0.25, -0.2) is 4.98 Å². The molecule has 1 N–H and O–H groups in total. The number of halogens is 1. The van der Waals surface area contributed by atoms with Crippen molar-refractivity contribution in [1.29, 1.82) is 0 Å². The van der Waals surface area contributed by atoms with Gasteiger partial charge in [0.1, 0.15) is 15.4 Å². The van der Waals surface area contributed by atoms with Crippen molar-refractivity contribution in [2.24, 2.45) is 5.92 Å². The number of hydrogen-bond acceptors (Lipinski definition) is 4. The lowest BCUT2D eigenvalue weighted by Gasteiger charge is -2.16. The molecule has 1 aromatic rings. The van der Waals surface area contributed by atoms with Crippen LogP contribution in [0.2, 0.25) is 4.34 Å². The lowest BCUT2D eigenvalue weighted by Crippen LogP contribution is -2.26. The molecule has 3 rings (SSSR count). The zero-order valence-electron chi connectivity index (χ0n) is 8.99. The normalized spacial score (nSPS) is 29.8. The largest absolute Gasteiger partial charge is 0.371 e. The van der Waals surface area contributed by atoms with E-state index in [1.54, 1.807) is 17.5 Å². The summed E-state index contributed by atoms with van der Waals surface area (Å²) in [6.07, 6.45) is 5.67. The van der Waals surface area contributed by atoms with E-state index < -0.39 is 0 Å². The summed E-state index contributed by atoms with van der Waals surface area (Å²) in [4.78, 5) is 4.32. The predicted octanol–water partition coefficient (Wildman–Crippen LogP) is 2.63. The first-order valence-corrected chi connectivity index (χ1v) is 6.98. The molecular formula is C11H15ClN2OS. The van der Waals surface area contributed by atoms with E-state index in [0.717, 1.165) is 35.0 Å². The molecule has 0 radical (unpaired) electrons. The van der Waals surface area contributed by atoms with Crippen molar-refractivity contribution in [1.82, 2.24) is 10.3 Å². The van der Waals surface area contributed by atoms with Gasteiger partial charge in [0.15, 0.2) is 0 Å². The first kappa shape index (κ1) is 11.0. The molecule has 2 heterocycles. The second kappa shape index (κ2) is 4.61. The van der Waals surface area contributed by atoms with Crippen LogP contribution >= 0.6 is 22.9 Å². The van der Waals surface area contributed by atoms with Crippen molar-refractivity contribution in [2.45, 2.75) is 31.4 Å². The second-order valence-corrected chi connectivity index (χ2v) is 6.22. The number of rotatable bonds is 4. The Labute approximate surface area is 104 Å². The molecule has 0 bridgehead atoms. The highest BCUT2D eigenvalue weighted by atomic mass is 35.5. The van der Waals surface area contributed by atoms with Gasteiger partial charge in [-0.3, -0.25) is 0 Å². The minimum atomic E-state index is 0.156. The van der Waals surface area contributed by atoms with Gasteiger partial charge in [-0.05, 0) is 19.3 Å². The van der Waals surface area contributed by atoms with Gasteiger partial charge in [0, 0.05) is 25.1 Å². The van der Waals surface area contributed by atoms with Gasteiger partial charge in [-0.1, -0.05) is 11.6 Å². The zero-order valence-corrected chi connectivity index (χ0v) is 10.6. The average molecular weight is 259 g/mol. The fraction of sp³-hybridized carbons (Fsp3) is 0.727. The molecule has 5 heteroatoms. The summed E-state index contributed by atoms with van der Waals surface area (Å²) in [6.45, 7) is 1.89. The Morgan fingerprint density at radius 3 is 3.06 bits per heavy atom. The van der Waals surface area contributed by atoms with Crippen LogP contribution < -0.4 is 5.32 Å². The summed E-state index contributed by atoms with van der Waals surface area (Å²) in [5.74, 6) is 0.558. The molecule has 0 spiro atoms. The fourth-order valence-corrected chi connectivity index (χ4v) is 3.19. The van der Waals surface area contributed by atoms with Gasteiger partial charge in [0.05, 0.1) is 6.20 Å². The molecule has 2 fully saturated rings. The van der Waals surface area contributed by atoms with E-state index in [1.807, 2.05) is 0 Å². The average Bonchev–Trinajstić information content (AvgIpc) is 2.82. The highest BCUT2D eigenvalue weighted by Crippen LogP contribution is 2.37. The van der Waals surface area contributed by atoms with Crippen LogP contribution in [0.15, 0.2) is 6.20 Å². The Balaban J connectivity index is 1.63. The van der Waals surface area contributed by atoms with E-state index in [9.17, 15) is 0 Å². The predicted molar refractivity (Wildman–Crippen MR) is 64.9 cm³/mol. The van der Waals surface area contributed by atoms with Crippen LogP contribution in [-0.4, -0.2) is 24.2 Å². The number of nitrogens with one attached hydrogen (secondary N) is 1. The van der Waals surface area contributed by atoms with Crippen molar-refractivity contribution in [3.05, 3.63) is 15.5 Å². The molecule has 0 amide bonds. The highest BCUT2D eigenvalue weighted by molar-refractivity contribution is 7.15. The third-order valence-corrected chi connectivity index (χ3v) is 4.38. The molecular weight excluding hydrogens is 244 g/mol. The lowest BCUT2D eigenvalue weighted by molar-refractivity contribution is 0.0902. The maximum absolute atomic E-state index is 5.91. The molecule has 2 unspecified atom stereocenters. The van der Waals surface area contributed by atoms with E-state index in [-0.39, 0.29) is 6.10 Å². The minimum absolute atomic E-state index is 0.156. The number of hydrogen-bond donors (Lipinski definition) is 1. The van der Waals surface area contributed by atoms with Gasteiger partial charge in [0.25, 0.3) is 0 Å². The van der Waals surface area contributed by atoms with E-state index >= 15 is 0 Å². The third kappa shape index (κ3) is 2.40. The van der Waals surface area contributed by atoms with Crippen LogP contribution in [-0.2, 0) is 4.74 Å². The molecule has 1 aliphatic heterocycles. The van der Waals surface area contributed by atoms with Crippen molar-refractivity contribution in [3.8, 4) is 0 Å². The standard InChI is InChI=1S/C11H15ClN2OS/c12-9-6-14-11(16-9)10-7(3-4-15-10)5-13-8-1-2-8/h6-8,10,13H,1-5H2. The fourth-order valence-electron chi connectivity index (χ4n) is 2.12. The highest BCUT2D eigenvalue weighted by Gasteiger charge is 2.33. The van der Waals surface area contributed by atoms with Gasteiger partial charge in [-0.2, -0.15) is 0 Å². The summed E-state index contributed by atoms with van der Waals surface area (Å²) in [5, 5.41) is 4.60. The topological polar surface area (TPSA) is 34.1 Å². The smallest absolute Gasteiger partial charge is 0.123 e. The molecule has 3 nitrogen and oxygen atoms in total. The molecule has 88 valence electrons. The van der Waals surface area contributed by atoms with Crippen molar-refractivity contribution in [2.75, 3.05) is 13.2 Å². The van der Waals surface area contributed by atoms with Crippen LogP contribution in [0.25, 0.3) is 0 Å². The van der Waals surface area contributed by atoms with Gasteiger partial charge >= 0.3 is 0 Å². The first-order valence-electron chi connectivity index (χ1n) is 5.79. The second-order valence-electron chi connectivity index (χ2n) is 4.53. The van der Waals surface area contributed by atoms with Crippen LogP contribution in [0.3, 0.4) is 0 Å². The molecule has 16 heavy (non-hydrogen) atoms. The van der Waals surface area contributed by atoms with Crippen molar-refractivity contribution < 1.29 is 4.74 Å². The molecule has 1 saturated heterocycles. The maximum atomic E-state index is 5.91. The molecule has 2 aliphatic rings. The lowest BCUT2D eigenvalue weighted by atomic mass is 10.0. The van der Waals surface area contributed by atoms with E-state index in [0.29, 0.717) is 5.92 Å². The minimum Gasteiger partial charge on any atom is -0.371 e. The summed E-state index contributed by atoms with van der Waals surface area (Å²) in [7, 11) is 0. The van der Waals surface area contributed by atoms with E-state index in [4.69, 9.17) is 16.3 Å². The molecule has 1 aromatic heterocycles. The number of nitrogens with zero attached hydrogens (tertiary/aromatic N) is 1. The van der Waals surface area contributed by atoms with Crippen LogP contribution in [0, 0.1) is 5.92 Å². The van der Waals surface area contributed by atoms with E-state index in [2.05, 4.69) is 10.3 Å². The maximum Gasteiger partial charge on any atom is 0.123 e. The molecule has 0 aromatic carbocycles. The Kier molecular flexibility index (Phi) is 3.16. The number of ether oxygens (including phenoxy) is 1. The number of thiazole rings is 1. The van der Waals surface area contributed by atoms with Crippen LogP contribution in [0.5, 0.6) is 0 Å². The van der Waals surface area contributed by atoms with Crippen molar-refractivity contribution in [3.63, 3.8) is 0 Å². The van der Waals surface area contributed by atoms with Gasteiger partial charge < -0.3 is 10.1 Å². The Morgan fingerprint density at radius 2 is 2.38 bits per heavy atom. The Bertz CT molecular complexity index is 367. The van der Waals surface area contributed by atoms with Crippen LogP contribution in [0.4, 0.5) is 0 Å². The quantitative estimate of drug-likeness (QED) is 0.902. The number of aromatic nitrogens is 1. The molecule has 1 aliphatic carbocycles. The van der Waals surface area contributed by atoms with Gasteiger partial charge in [-0.15, -0.1) is 11.3 Å². The molecule has 1 saturated carbocycles. The Hall–Kier alpha value is -0.160. The summed E-state index contributed by atoms with van der Waals surface area (Å²) >= 11 is 7.45. The SMILES string of the molecule is Clc1cnc(C2OCCC2CNC2CC2)s1. The third-order valence-electron chi connectivity index (χ3n) is 3.20. The molecule has 2 atom stereocenters. The van der Waals surface area contributed by atoms with E-state index in [1.165, 1.54) is 12.8 Å². The van der Waals surface area contributed by atoms with Crippen molar-refractivity contribution >= 4 is 22.9 Å². The summed E-state index contributed by atoms with van der Waals surface area (Å²) in [5.41, 5.74) is 0. The Morgan fingerprint density at radius 1 is 1.50 bits per heavy atom. The summed E-state index contributed by atoms with van der Waals surface area (Å²) < 4.78 is 6.52. The summed E-state index contributed by atoms with van der Waals surface area (Å²) in [6, 6.07) is 0.765.